The van der Waals surface area contributed by atoms with E-state index in [1.165, 1.54) is 26.4 Å². The van der Waals surface area contributed by atoms with Crippen LogP contribution in [0.3, 0.4) is 0 Å². The number of hydrogen-bond donors (Lipinski definition) is 1. The molecule has 1 heterocycles. The number of amides is 1. The molecule has 0 atom stereocenters. The summed E-state index contributed by atoms with van der Waals surface area (Å²) >= 11 is 0. The van der Waals surface area contributed by atoms with E-state index in [4.69, 9.17) is 14.0 Å². The van der Waals surface area contributed by atoms with Crippen LogP contribution in [-0.4, -0.2) is 31.3 Å². The number of aryl methyl sites for hydroxylation is 2. The molecule has 0 aliphatic heterocycles. The van der Waals surface area contributed by atoms with Crippen molar-refractivity contribution in [2.45, 2.75) is 26.7 Å². The standard InChI is InChI=1S/C17H20N2O6/c1-9-11(10(2)25-19-9)5-6-16(20)18-13-8-15(24-4)14(23-3)7-12(13)17(21)22/h7-8H,5-6H2,1-4H3,(H,18,20)(H,21,22)/p-1. The molecule has 25 heavy (non-hydrogen) atoms. The number of hydrogen-bond acceptors (Lipinski definition) is 7. The summed E-state index contributed by atoms with van der Waals surface area (Å²) in [6.07, 6.45) is 0.574. The van der Waals surface area contributed by atoms with Crippen LogP contribution in [0, 0.1) is 13.8 Å². The lowest BCUT2D eigenvalue weighted by Gasteiger charge is -2.16. The average Bonchev–Trinajstić information content (AvgIpc) is 2.90. The Labute approximate surface area is 144 Å². The lowest BCUT2D eigenvalue weighted by Crippen LogP contribution is -2.25. The highest BCUT2D eigenvalue weighted by Crippen LogP contribution is 2.33. The molecule has 0 spiro atoms. The van der Waals surface area contributed by atoms with E-state index >= 15 is 0 Å². The van der Waals surface area contributed by atoms with E-state index in [1.807, 2.05) is 0 Å². The number of carboxylic acids is 1. The number of carbonyl (C=O) groups is 2. The van der Waals surface area contributed by atoms with Gasteiger partial charge in [0.15, 0.2) is 11.5 Å². The molecule has 0 saturated heterocycles. The van der Waals surface area contributed by atoms with E-state index < -0.39 is 5.97 Å². The quantitative estimate of drug-likeness (QED) is 0.801. The summed E-state index contributed by atoms with van der Waals surface area (Å²) in [6.45, 7) is 3.57. The maximum atomic E-state index is 12.2. The monoisotopic (exact) mass is 347 g/mol. The summed E-state index contributed by atoms with van der Waals surface area (Å²) in [5, 5.41) is 17.7. The van der Waals surface area contributed by atoms with E-state index in [0.717, 1.165) is 11.3 Å². The Morgan fingerprint density at radius 3 is 2.36 bits per heavy atom. The summed E-state index contributed by atoms with van der Waals surface area (Å²) in [5.74, 6) is -0.590. The van der Waals surface area contributed by atoms with Gasteiger partial charge in [0.1, 0.15) is 5.76 Å². The predicted octanol–water partition coefficient (Wildman–Crippen LogP) is 1.24. The molecule has 1 amide bonds. The molecule has 0 radical (unpaired) electrons. The van der Waals surface area contributed by atoms with Crippen molar-refractivity contribution >= 4 is 17.6 Å². The Morgan fingerprint density at radius 1 is 1.20 bits per heavy atom. The second-order valence-electron chi connectivity index (χ2n) is 5.39. The number of carbonyl (C=O) groups excluding carboxylic acids is 2. The van der Waals surface area contributed by atoms with Crippen LogP contribution >= 0.6 is 0 Å². The normalized spacial score (nSPS) is 10.4. The highest BCUT2D eigenvalue weighted by molar-refractivity contribution is 6.00. The summed E-state index contributed by atoms with van der Waals surface area (Å²) in [6, 6.07) is 2.63. The lowest BCUT2D eigenvalue weighted by molar-refractivity contribution is -0.254. The van der Waals surface area contributed by atoms with Crippen LogP contribution in [-0.2, 0) is 11.2 Å². The number of carboxylic acid groups (broad SMARTS) is 1. The molecule has 0 aliphatic rings. The van der Waals surface area contributed by atoms with Crippen molar-refractivity contribution in [1.29, 1.82) is 0 Å². The van der Waals surface area contributed by atoms with Crippen molar-refractivity contribution in [2.24, 2.45) is 0 Å². The predicted molar refractivity (Wildman–Crippen MR) is 86.8 cm³/mol. The van der Waals surface area contributed by atoms with Crippen LogP contribution in [0.15, 0.2) is 16.7 Å². The first-order valence-electron chi connectivity index (χ1n) is 7.56. The zero-order valence-electron chi connectivity index (χ0n) is 14.5. The maximum Gasteiger partial charge on any atom is 0.224 e. The van der Waals surface area contributed by atoms with Crippen LogP contribution < -0.4 is 19.9 Å². The molecule has 0 aliphatic carbocycles. The third-order valence-corrected chi connectivity index (χ3v) is 3.80. The van der Waals surface area contributed by atoms with Crippen molar-refractivity contribution in [3.63, 3.8) is 0 Å². The zero-order chi connectivity index (χ0) is 18.6. The van der Waals surface area contributed by atoms with Gasteiger partial charge in [-0.3, -0.25) is 4.79 Å². The number of benzene rings is 1. The first-order chi connectivity index (χ1) is 11.9. The van der Waals surface area contributed by atoms with Gasteiger partial charge in [-0.15, -0.1) is 0 Å². The van der Waals surface area contributed by atoms with E-state index in [0.29, 0.717) is 17.9 Å². The average molecular weight is 347 g/mol. The molecular weight excluding hydrogens is 328 g/mol. The third kappa shape index (κ3) is 4.09. The number of aromatic carboxylic acids is 1. The molecule has 1 N–H and O–H groups in total. The number of aromatic nitrogens is 1. The molecule has 0 unspecified atom stereocenters. The fraction of sp³-hybridized carbons (Fsp3) is 0.353. The van der Waals surface area contributed by atoms with Gasteiger partial charge in [0.05, 0.1) is 31.6 Å². The highest BCUT2D eigenvalue weighted by atomic mass is 16.5. The Hall–Kier alpha value is -3.03. The molecule has 134 valence electrons. The molecular formula is C17H19N2O6-. The number of nitrogens with one attached hydrogen (secondary N) is 1. The first kappa shape index (κ1) is 18.3. The Balaban J connectivity index is 2.18. The Bertz CT molecular complexity index is 777. The summed E-state index contributed by atoms with van der Waals surface area (Å²) in [4.78, 5) is 23.5. The van der Waals surface area contributed by atoms with Crippen LogP contribution in [0.25, 0.3) is 0 Å². The number of rotatable bonds is 7. The van der Waals surface area contributed by atoms with Crippen molar-refractivity contribution in [2.75, 3.05) is 19.5 Å². The lowest BCUT2D eigenvalue weighted by atomic mass is 10.1. The van der Waals surface area contributed by atoms with Gasteiger partial charge in [0, 0.05) is 23.6 Å². The SMILES string of the molecule is COc1cc(NC(=O)CCc2c(C)noc2C)c(C(=O)[O-])cc1OC. The number of ether oxygens (including phenoxy) is 2. The Kier molecular flexibility index (Phi) is 5.63. The van der Waals surface area contributed by atoms with Crippen LogP contribution in [0.1, 0.15) is 33.8 Å². The van der Waals surface area contributed by atoms with E-state index in [-0.39, 0.29) is 29.3 Å². The second-order valence-corrected chi connectivity index (χ2v) is 5.39. The van der Waals surface area contributed by atoms with E-state index in [1.54, 1.807) is 13.8 Å². The van der Waals surface area contributed by atoms with Gasteiger partial charge in [-0.2, -0.15) is 0 Å². The van der Waals surface area contributed by atoms with Gasteiger partial charge in [0.2, 0.25) is 5.91 Å². The number of anilines is 1. The van der Waals surface area contributed by atoms with Crippen LogP contribution in [0.4, 0.5) is 5.69 Å². The molecule has 2 rings (SSSR count). The minimum Gasteiger partial charge on any atom is -0.545 e. The molecule has 1 aromatic heterocycles. The molecule has 8 heteroatoms. The largest absolute Gasteiger partial charge is 0.545 e. The molecule has 1 aromatic carbocycles. The minimum absolute atomic E-state index is 0.0846. The molecule has 2 aromatic rings. The zero-order valence-corrected chi connectivity index (χ0v) is 14.5. The summed E-state index contributed by atoms with van der Waals surface area (Å²) in [7, 11) is 2.80. The number of nitrogens with zero attached hydrogens (tertiary/aromatic N) is 1. The fourth-order valence-corrected chi connectivity index (χ4v) is 2.46. The fourth-order valence-electron chi connectivity index (χ4n) is 2.46. The second kappa shape index (κ2) is 7.69. The number of methoxy groups -OCH3 is 2. The maximum absolute atomic E-state index is 12.2. The summed E-state index contributed by atoms with van der Waals surface area (Å²) in [5.41, 5.74) is 1.49. The van der Waals surface area contributed by atoms with Crippen LogP contribution in [0.5, 0.6) is 11.5 Å². The van der Waals surface area contributed by atoms with Crippen LogP contribution in [0.2, 0.25) is 0 Å². The highest BCUT2D eigenvalue weighted by Gasteiger charge is 2.16. The minimum atomic E-state index is -1.43. The van der Waals surface area contributed by atoms with Crippen molar-refractivity contribution in [3.05, 3.63) is 34.7 Å². The summed E-state index contributed by atoms with van der Waals surface area (Å²) < 4.78 is 15.3. The van der Waals surface area contributed by atoms with Gasteiger partial charge in [0.25, 0.3) is 0 Å². The van der Waals surface area contributed by atoms with Gasteiger partial charge < -0.3 is 29.2 Å². The van der Waals surface area contributed by atoms with Gasteiger partial charge >= 0.3 is 0 Å². The van der Waals surface area contributed by atoms with E-state index in [9.17, 15) is 14.7 Å². The third-order valence-electron chi connectivity index (χ3n) is 3.80. The smallest absolute Gasteiger partial charge is 0.224 e. The van der Waals surface area contributed by atoms with Crippen molar-refractivity contribution < 1.29 is 28.7 Å². The van der Waals surface area contributed by atoms with E-state index in [2.05, 4.69) is 10.5 Å². The molecule has 8 nitrogen and oxygen atoms in total. The molecule has 0 bridgehead atoms. The molecule has 0 fully saturated rings. The van der Waals surface area contributed by atoms with Crippen molar-refractivity contribution in [3.8, 4) is 11.5 Å². The Morgan fingerprint density at radius 2 is 1.84 bits per heavy atom. The topological polar surface area (TPSA) is 114 Å². The van der Waals surface area contributed by atoms with Gasteiger partial charge in [-0.25, -0.2) is 0 Å². The van der Waals surface area contributed by atoms with Gasteiger partial charge in [-0.05, 0) is 26.3 Å². The van der Waals surface area contributed by atoms with Gasteiger partial charge in [-0.1, -0.05) is 5.16 Å². The molecule has 0 saturated carbocycles. The van der Waals surface area contributed by atoms with Crippen molar-refractivity contribution in [1.82, 2.24) is 5.16 Å². The first-order valence-corrected chi connectivity index (χ1v) is 7.56.